The quantitative estimate of drug-likeness (QED) is 0.666. The Labute approximate surface area is 137 Å². The lowest BCUT2D eigenvalue weighted by atomic mass is 9.77. The molecule has 1 fully saturated rings. The molecule has 2 rings (SSSR count). The molecule has 23 heavy (non-hydrogen) atoms. The van der Waals surface area contributed by atoms with E-state index in [2.05, 4.69) is 0 Å². The van der Waals surface area contributed by atoms with Gasteiger partial charge in [0.1, 0.15) is 12.6 Å². The molecule has 0 unspecified atom stereocenters. The second-order valence-electron chi connectivity index (χ2n) is 6.68. The van der Waals surface area contributed by atoms with E-state index < -0.39 is 18.3 Å². The van der Waals surface area contributed by atoms with Crippen molar-refractivity contribution in [2.24, 2.45) is 5.73 Å². The zero-order valence-electron chi connectivity index (χ0n) is 14.0. The Kier molecular flexibility index (Phi) is 4.89. The Bertz CT molecular complexity index is 610. The fourth-order valence-electron chi connectivity index (χ4n) is 2.35. The number of hydrogen-bond donors (Lipinski definition) is 1. The molecule has 0 aliphatic carbocycles. The van der Waals surface area contributed by atoms with Crippen LogP contribution in [0.15, 0.2) is 23.7 Å². The largest absolute Gasteiger partial charge is 0.491 e. The summed E-state index contributed by atoms with van der Waals surface area (Å²) in [5.74, 6) is 0. The molecule has 6 heteroatoms. The Morgan fingerprint density at radius 2 is 1.43 bits per heavy atom. The van der Waals surface area contributed by atoms with Crippen LogP contribution < -0.4 is 5.73 Å². The molecular weight excluding hydrogens is 293 g/mol. The SMILES string of the molecule is CC1(C)OB(C(=Cc2cc(C=O)cc(C=O)c2)CN)OC1(C)C. The summed E-state index contributed by atoms with van der Waals surface area (Å²) in [7, 11) is -0.551. The second-order valence-corrected chi connectivity index (χ2v) is 6.68. The number of nitrogens with two attached hydrogens (primary N) is 1. The third-order valence-electron chi connectivity index (χ3n) is 4.42. The Balaban J connectivity index is 2.37. The third kappa shape index (κ3) is 3.60. The molecule has 0 atom stereocenters. The van der Waals surface area contributed by atoms with Crippen LogP contribution in [0.5, 0.6) is 0 Å². The number of aldehydes is 2. The van der Waals surface area contributed by atoms with Crippen LogP contribution >= 0.6 is 0 Å². The van der Waals surface area contributed by atoms with Crippen molar-refractivity contribution in [2.45, 2.75) is 38.9 Å². The van der Waals surface area contributed by atoms with Crippen molar-refractivity contribution < 1.29 is 18.9 Å². The highest BCUT2D eigenvalue weighted by Crippen LogP contribution is 2.38. The van der Waals surface area contributed by atoms with Crippen LogP contribution in [0.2, 0.25) is 0 Å². The van der Waals surface area contributed by atoms with Crippen molar-refractivity contribution in [3.63, 3.8) is 0 Å². The van der Waals surface area contributed by atoms with Gasteiger partial charge in [-0.3, -0.25) is 9.59 Å². The maximum absolute atomic E-state index is 11.0. The average molecular weight is 315 g/mol. The van der Waals surface area contributed by atoms with Gasteiger partial charge in [0.2, 0.25) is 0 Å². The molecule has 0 radical (unpaired) electrons. The van der Waals surface area contributed by atoms with Gasteiger partial charge < -0.3 is 15.0 Å². The molecule has 1 saturated heterocycles. The van der Waals surface area contributed by atoms with Crippen molar-refractivity contribution in [1.82, 2.24) is 0 Å². The minimum Gasteiger partial charge on any atom is -0.400 e. The summed E-state index contributed by atoms with van der Waals surface area (Å²) in [5, 5.41) is 0. The summed E-state index contributed by atoms with van der Waals surface area (Å²) < 4.78 is 12.0. The maximum atomic E-state index is 11.0. The van der Waals surface area contributed by atoms with Crippen molar-refractivity contribution in [1.29, 1.82) is 0 Å². The smallest absolute Gasteiger partial charge is 0.400 e. The van der Waals surface area contributed by atoms with Crippen LogP contribution in [0, 0.1) is 0 Å². The van der Waals surface area contributed by atoms with E-state index >= 15 is 0 Å². The van der Waals surface area contributed by atoms with Crippen molar-refractivity contribution >= 4 is 25.8 Å². The highest BCUT2D eigenvalue weighted by molar-refractivity contribution is 6.55. The van der Waals surface area contributed by atoms with Crippen LogP contribution in [0.1, 0.15) is 54.0 Å². The van der Waals surface area contributed by atoms with Crippen molar-refractivity contribution in [3.8, 4) is 0 Å². The number of carbonyl (C=O) groups is 2. The van der Waals surface area contributed by atoms with Crippen molar-refractivity contribution in [3.05, 3.63) is 40.4 Å². The van der Waals surface area contributed by atoms with E-state index in [0.29, 0.717) is 29.3 Å². The maximum Gasteiger partial charge on any atom is 0.491 e. The fraction of sp³-hybridized carbons (Fsp3) is 0.412. The number of hydrogen-bond acceptors (Lipinski definition) is 5. The van der Waals surface area contributed by atoms with Gasteiger partial charge in [0.25, 0.3) is 0 Å². The number of benzene rings is 1. The Hall–Kier alpha value is -1.76. The first-order valence-corrected chi connectivity index (χ1v) is 7.54. The van der Waals surface area contributed by atoms with Gasteiger partial charge in [-0.1, -0.05) is 6.08 Å². The highest BCUT2D eigenvalue weighted by atomic mass is 16.7. The third-order valence-corrected chi connectivity index (χ3v) is 4.42. The van der Waals surface area contributed by atoms with E-state index in [9.17, 15) is 9.59 Å². The van der Waals surface area contributed by atoms with Gasteiger partial charge >= 0.3 is 7.12 Å². The number of rotatable bonds is 5. The zero-order valence-corrected chi connectivity index (χ0v) is 14.0. The second kappa shape index (κ2) is 6.39. The van der Waals surface area contributed by atoms with E-state index in [4.69, 9.17) is 15.0 Å². The Morgan fingerprint density at radius 3 is 1.83 bits per heavy atom. The molecule has 0 amide bonds. The first-order chi connectivity index (χ1) is 10.7. The molecule has 5 nitrogen and oxygen atoms in total. The highest BCUT2D eigenvalue weighted by Gasteiger charge is 2.52. The predicted molar refractivity (Wildman–Crippen MR) is 90.3 cm³/mol. The van der Waals surface area contributed by atoms with E-state index in [0.717, 1.165) is 5.47 Å². The minimum atomic E-state index is -0.551. The van der Waals surface area contributed by atoms with Crippen LogP contribution in [-0.2, 0) is 9.31 Å². The summed E-state index contributed by atoms with van der Waals surface area (Å²) in [6.07, 6.45) is 3.23. The van der Waals surface area contributed by atoms with Crippen LogP contribution in [0.25, 0.3) is 6.08 Å². The molecule has 0 spiro atoms. The summed E-state index contributed by atoms with van der Waals surface area (Å²) in [6.45, 7) is 8.13. The lowest BCUT2D eigenvalue weighted by molar-refractivity contribution is 0.00578. The summed E-state index contributed by atoms with van der Waals surface area (Å²) in [6, 6.07) is 4.93. The summed E-state index contributed by atoms with van der Waals surface area (Å²) in [5.41, 5.74) is 7.28. The first-order valence-electron chi connectivity index (χ1n) is 7.54. The molecule has 1 aliphatic rings. The van der Waals surface area contributed by atoms with E-state index in [-0.39, 0.29) is 6.54 Å². The lowest BCUT2D eigenvalue weighted by Gasteiger charge is -2.32. The monoisotopic (exact) mass is 315 g/mol. The normalized spacial score (nSPS) is 19.7. The van der Waals surface area contributed by atoms with Gasteiger partial charge in [-0.15, -0.1) is 0 Å². The van der Waals surface area contributed by atoms with Gasteiger partial charge in [-0.25, -0.2) is 0 Å². The number of carbonyl (C=O) groups excluding carboxylic acids is 2. The van der Waals surface area contributed by atoms with Gasteiger partial charge in [-0.05, 0) is 56.9 Å². The molecular formula is C17H22BNO4. The molecule has 0 saturated carbocycles. The van der Waals surface area contributed by atoms with E-state index in [1.165, 1.54) is 6.07 Å². The molecule has 0 bridgehead atoms. The van der Waals surface area contributed by atoms with Gasteiger partial charge in [0, 0.05) is 17.7 Å². The topological polar surface area (TPSA) is 78.6 Å². The van der Waals surface area contributed by atoms with Gasteiger partial charge in [0.15, 0.2) is 0 Å². The van der Waals surface area contributed by atoms with Gasteiger partial charge in [0.05, 0.1) is 11.2 Å². The molecule has 1 aliphatic heterocycles. The molecule has 2 N–H and O–H groups in total. The standard InChI is InChI=1S/C17H22BNO4/c1-16(2)17(3,4)23-18(22-16)15(9-19)8-12-5-13(10-20)7-14(6-12)11-21/h5-8,10-11H,9,19H2,1-4H3. The minimum absolute atomic E-state index is 0.249. The van der Waals surface area contributed by atoms with Crippen LogP contribution in [-0.4, -0.2) is 37.4 Å². The van der Waals surface area contributed by atoms with E-state index in [1.807, 2.05) is 33.8 Å². The van der Waals surface area contributed by atoms with Crippen molar-refractivity contribution in [2.75, 3.05) is 6.54 Å². The first kappa shape index (κ1) is 17.6. The zero-order chi connectivity index (χ0) is 17.3. The predicted octanol–water partition coefficient (Wildman–Crippen LogP) is 2.29. The summed E-state index contributed by atoms with van der Waals surface area (Å²) >= 11 is 0. The van der Waals surface area contributed by atoms with Gasteiger partial charge in [-0.2, -0.15) is 0 Å². The molecule has 1 aromatic rings. The lowest BCUT2D eigenvalue weighted by Crippen LogP contribution is -2.41. The van der Waals surface area contributed by atoms with Crippen LogP contribution in [0.4, 0.5) is 0 Å². The average Bonchev–Trinajstić information content (AvgIpc) is 2.72. The van der Waals surface area contributed by atoms with E-state index in [1.54, 1.807) is 12.1 Å². The fourth-order valence-corrected chi connectivity index (χ4v) is 2.35. The molecule has 0 aromatic heterocycles. The Morgan fingerprint density at radius 1 is 1.00 bits per heavy atom. The molecule has 1 aromatic carbocycles. The molecule has 1 heterocycles. The van der Waals surface area contributed by atoms with Crippen LogP contribution in [0.3, 0.4) is 0 Å². The summed E-state index contributed by atoms with van der Waals surface area (Å²) in [4.78, 5) is 22.0. The molecule has 122 valence electrons.